The van der Waals surface area contributed by atoms with E-state index in [1.807, 2.05) is 18.3 Å². The first kappa shape index (κ1) is 13.6. The second-order valence-electron chi connectivity index (χ2n) is 5.37. The molecule has 1 aliphatic rings. The molecule has 0 bridgehead atoms. The molecule has 3 nitrogen and oxygen atoms in total. The van der Waals surface area contributed by atoms with Crippen LogP contribution >= 0.6 is 11.8 Å². The molecule has 1 heterocycles. The maximum Gasteiger partial charge on any atom is 0.0743 e. The average molecular weight is 287 g/mol. The maximum absolute atomic E-state index is 5.83. The highest BCUT2D eigenvalue weighted by molar-refractivity contribution is 7.99. The minimum atomic E-state index is 0.585. The van der Waals surface area contributed by atoms with Crippen molar-refractivity contribution in [3.63, 3.8) is 0 Å². The molecule has 106 valence electrons. The smallest absolute Gasteiger partial charge is 0.0743 e. The van der Waals surface area contributed by atoms with Crippen molar-refractivity contribution in [2.45, 2.75) is 37.5 Å². The largest absolute Gasteiger partial charge is 0.399 e. The van der Waals surface area contributed by atoms with E-state index in [-0.39, 0.29) is 0 Å². The molecule has 4 heteroatoms. The number of nitrogens with zero attached hydrogens (tertiary/aromatic N) is 1. The van der Waals surface area contributed by atoms with Crippen LogP contribution in [0.5, 0.6) is 0 Å². The van der Waals surface area contributed by atoms with E-state index >= 15 is 0 Å². The van der Waals surface area contributed by atoms with Crippen LogP contribution in [0.4, 0.5) is 11.4 Å². The van der Waals surface area contributed by atoms with Crippen molar-refractivity contribution in [1.82, 2.24) is 4.98 Å². The zero-order valence-electron chi connectivity index (χ0n) is 11.8. The quantitative estimate of drug-likeness (QED) is 0.837. The van der Waals surface area contributed by atoms with Crippen molar-refractivity contribution in [2.24, 2.45) is 0 Å². The van der Waals surface area contributed by atoms with E-state index in [2.05, 4.69) is 41.1 Å². The lowest BCUT2D eigenvalue weighted by atomic mass is 10.1. The molecule has 2 aromatic rings. The van der Waals surface area contributed by atoms with Crippen molar-refractivity contribution >= 4 is 34.0 Å². The van der Waals surface area contributed by atoms with E-state index in [0.717, 1.165) is 21.8 Å². The third kappa shape index (κ3) is 2.85. The van der Waals surface area contributed by atoms with Gasteiger partial charge < -0.3 is 11.1 Å². The minimum absolute atomic E-state index is 0.585. The van der Waals surface area contributed by atoms with E-state index in [1.54, 1.807) is 0 Å². The Bertz CT molecular complexity index is 599. The third-order valence-corrected chi connectivity index (χ3v) is 5.15. The number of aromatic nitrogens is 1. The van der Waals surface area contributed by atoms with Crippen molar-refractivity contribution in [3.05, 3.63) is 30.5 Å². The van der Waals surface area contributed by atoms with Crippen LogP contribution in [0.15, 0.2) is 30.5 Å². The summed E-state index contributed by atoms with van der Waals surface area (Å²) >= 11 is 2.09. The molecule has 1 saturated carbocycles. The van der Waals surface area contributed by atoms with Gasteiger partial charge in [-0.3, -0.25) is 4.98 Å². The predicted octanol–water partition coefficient (Wildman–Crippen LogP) is 3.90. The minimum Gasteiger partial charge on any atom is -0.399 e. The molecule has 20 heavy (non-hydrogen) atoms. The fraction of sp³-hybridized carbons (Fsp3) is 0.438. The molecule has 2 atom stereocenters. The number of fused-ring (bicyclic) bond motifs is 1. The van der Waals surface area contributed by atoms with Crippen LogP contribution in [-0.4, -0.2) is 22.0 Å². The summed E-state index contributed by atoms with van der Waals surface area (Å²) < 4.78 is 0. The van der Waals surface area contributed by atoms with E-state index in [1.165, 1.54) is 30.7 Å². The molecule has 3 N–H and O–H groups in total. The van der Waals surface area contributed by atoms with E-state index in [9.17, 15) is 0 Å². The SMILES string of the molecule is CCSC1CCC(Nc2ccnc3cc(N)ccc23)C1. The number of thioether (sulfide) groups is 1. The van der Waals surface area contributed by atoms with Gasteiger partial charge in [-0.2, -0.15) is 11.8 Å². The molecular formula is C16H21N3S. The standard InChI is InChI=1S/C16H21N3S/c1-2-20-13-5-4-12(10-13)19-15-7-8-18-16-9-11(17)3-6-14(15)16/h3,6-9,12-13H,2,4-5,10,17H2,1H3,(H,18,19). The summed E-state index contributed by atoms with van der Waals surface area (Å²) in [7, 11) is 0. The molecule has 2 unspecified atom stereocenters. The van der Waals surface area contributed by atoms with Crippen LogP contribution in [-0.2, 0) is 0 Å². The van der Waals surface area contributed by atoms with Crippen LogP contribution < -0.4 is 11.1 Å². The van der Waals surface area contributed by atoms with Gasteiger partial charge in [0.25, 0.3) is 0 Å². The van der Waals surface area contributed by atoms with E-state index < -0.39 is 0 Å². The van der Waals surface area contributed by atoms with Gasteiger partial charge in [0.05, 0.1) is 5.52 Å². The zero-order valence-corrected chi connectivity index (χ0v) is 12.6. The second kappa shape index (κ2) is 5.92. The number of nitrogen functional groups attached to an aromatic ring is 1. The highest BCUT2D eigenvalue weighted by Gasteiger charge is 2.24. The summed E-state index contributed by atoms with van der Waals surface area (Å²) in [5, 5.41) is 5.68. The van der Waals surface area contributed by atoms with Crippen LogP contribution in [0, 0.1) is 0 Å². The molecule has 0 amide bonds. The lowest BCUT2D eigenvalue weighted by molar-refractivity contribution is 0.758. The Morgan fingerprint density at radius 2 is 2.25 bits per heavy atom. The molecule has 1 aromatic heterocycles. The average Bonchev–Trinajstić information content (AvgIpc) is 2.86. The molecule has 1 aromatic carbocycles. The maximum atomic E-state index is 5.83. The molecular weight excluding hydrogens is 266 g/mol. The Morgan fingerprint density at radius 3 is 3.10 bits per heavy atom. The van der Waals surface area contributed by atoms with Gasteiger partial charge in [0, 0.05) is 34.2 Å². The normalized spacial score (nSPS) is 22.2. The summed E-state index contributed by atoms with van der Waals surface area (Å²) in [6.07, 6.45) is 5.71. The summed E-state index contributed by atoms with van der Waals surface area (Å²) in [4.78, 5) is 4.40. The van der Waals surface area contributed by atoms with Crippen molar-refractivity contribution in [3.8, 4) is 0 Å². The van der Waals surface area contributed by atoms with Gasteiger partial charge in [0.15, 0.2) is 0 Å². The Balaban J connectivity index is 1.78. The predicted molar refractivity (Wildman–Crippen MR) is 89.3 cm³/mol. The zero-order chi connectivity index (χ0) is 13.9. The fourth-order valence-electron chi connectivity index (χ4n) is 2.97. The monoisotopic (exact) mass is 287 g/mol. The Kier molecular flexibility index (Phi) is 4.01. The van der Waals surface area contributed by atoms with Crippen molar-refractivity contribution < 1.29 is 0 Å². The molecule has 1 fully saturated rings. The van der Waals surface area contributed by atoms with E-state index in [4.69, 9.17) is 5.73 Å². The van der Waals surface area contributed by atoms with Crippen LogP contribution in [0.1, 0.15) is 26.2 Å². The topological polar surface area (TPSA) is 50.9 Å². The lowest BCUT2D eigenvalue weighted by Gasteiger charge is -2.16. The Hall–Kier alpha value is -1.42. The van der Waals surface area contributed by atoms with Crippen molar-refractivity contribution in [1.29, 1.82) is 0 Å². The number of nitrogens with two attached hydrogens (primary N) is 1. The van der Waals surface area contributed by atoms with Gasteiger partial charge in [-0.05, 0) is 49.3 Å². The number of pyridine rings is 1. The van der Waals surface area contributed by atoms with E-state index in [0.29, 0.717) is 6.04 Å². The second-order valence-corrected chi connectivity index (χ2v) is 6.94. The first-order valence-electron chi connectivity index (χ1n) is 7.28. The molecule has 1 aliphatic carbocycles. The summed E-state index contributed by atoms with van der Waals surface area (Å²) in [5.41, 5.74) is 8.74. The summed E-state index contributed by atoms with van der Waals surface area (Å²) in [6.45, 7) is 2.24. The number of benzene rings is 1. The molecule has 0 aliphatic heterocycles. The van der Waals surface area contributed by atoms with Crippen molar-refractivity contribution in [2.75, 3.05) is 16.8 Å². The Labute approximate surface area is 124 Å². The van der Waals surface area contributed by atoms with Gasteiger partial charge in [-0.25, -0.2) is 0 Å². The molecule has 3 rings (SSSR count). The van der Waals surface area contributed by atoms with Gasteiger partial charge in [-0.15, -0.1) is 0 Å². The number of hydrogen-bond acceptors (Lipinski definition) is 4. The van der Waals surface area contributed by atoms with Gasteiger partial charge >= 0.3 is 0 Å². The van der Waals surface area contributed by atoms with Crippen LogP contribution in [0.2, 0.25) is 0 Å². The molecule has 0 spiro atoms. The number of rotatable bonds is 4. The number of hydrogen-bond donors (Lipinski definition) is 2. The number of anilines is 2. The Morgan fingerprint density at radius 1 is 1.35 bits per heavy atom. The highest BCUT2D eigenvalue weighted by Crippen LogP contribution is 2.33. The lowest BCUT2D eigenvalue weighted by Crippen LogP contribution is -2.16. The van der Waals surface area contributed by atoms with Crippen LogP contribution in [0.3, 0.4) is 0 Å². The summed E-state index contributed by atoms with van der Waals surface area (Å²) in [5.74, 6) is 1.22. The molecule has 0 radical (unpaired) electrons. The fourth-order valence-corrected chi connectivity index (χ4v) is 4.11. The van der Waals surface area contributed by atoms with Crippen LogP contribution in [0.25, 0.3) is 10.9 Å². The molecule has 0 saturated heterocycles. The number of nitrogens with one attached hydrogen (secondary N) is 1. The van der Waals surface area contributed by atoms with Gasteiger partial charge in [0.1, 0.15) is 0 Å². The third-order valence-electron chi connectivity index (χ3n) is 3.91. The summed E-state index contributed by atoms with van der Waals surface area (Å²) in [6, 6.07) is 8.60. The van der Waals surface area contributed by atoms with Gasteiger partial charge in [-0.1, -0.05) is 6.92 Å². The first-order chi connectivity index (χ1) is 9.76. The first-order valence-corrected chi connectivity index (χ1v) is 8.33. The highest BCUT2D eigenvalue weighted by atomic mass is 32.2. The van der Waals surface area contributed by atoms with Gasteiger partial charge in [0.2, 0.25) is 0 Å².